The molecule has 0 aliphatic rings. The summed E-state index contributed by atoms with van der Waals surface area (Å²) < 4.78 is 5.40. The van der Waals surface area contributed by atoms with Gasteiger partial charge in [-0.25, -0.2) is 0 Å². The first-order valence-corrected chi connectivity index (χ1v) is 6.61. The third kappa shape index (κ3) is 5.30. The lowest BCUT2D eigenvalue weighted by Crippen LogP contribution is -2.43. The molecule has 5 nitrogen and oxygen atoms in total. The summed E-state index contributed by atoms with van der Waals surface area (Å²) in [7, 11) is 0. The second-order valence-electron chi connectivity index (χ2n) is 5.51. The highest BCUT2D eigenvalue weighted by Crippen LogP contribution is 2.14. The van der Waals surface area contributed by atoms with Crippen molar-refractivity contribution in [1.29, 1.82) is 0 Å². The lowest BCUT2D eigenvalue weighted by molar-refractivity contribution is -0.124. The van der Waals surface area contributed by atoms with Gasteiger partial charge in [0.15, 0.2) is 6.61 Å². The minimum atomic E-state index is -0.266. The molecule has 1 aromatic rings. The summed E-state index contributed by atoms with van der Waals surface area (Å²) in [5.41, 5.74) is 1.18. The molecule has 1 rings (SSSR count). The number of nitrogens with one attached hydrogen (secondary N) is 1. The van der Waals surface area contributed by atoms with Crippen LogP contribution in [0.25, 0.3) is 0 Å². The summed E-state index contributed by atoms with van der Waals surface area (Å²) in [6, 6.07) is 7.10. The van der Waals surface area contributed by atoms with Crippen LogP contribution in [0.2, 0.25) is 0 Å². The fraction of sp³-hybridized carbons (Fsp3) is 0.467. The zero-order chi connectivity index (χ0) is 15.2. The number of amides is 1. The number of rotatable bonds is 5. The first kappa shape index (κ1) is 16.0. The quantitative estimate of drug-likeness (QED) is 0.494. The van der Waals surface area contributed by atoms with Gasteiger partial charge in [0.25, 0.3) is 5.91 Å². The number of hydrogen-bond acceptors (Lipinski definition) is 4. The van der Waals surface area contributed by atoms with Crippen LogP contribution >= 0.6 is 0 Å². The van der Waals surface area contributed by atoms with Gasteiger partial charge in [-0.2, -0.15) is 0 Å². The maximum Gasteiger partial charge on any atom is 0.258 e. The van der Waals surface area contributed by atoms with Crippen LogP contribution in [0.3, 0.4) is 0 Å². The van der Waals surface area contributed by atoms with E-state index in [4.69, 9.17) is 9.94 Å². The molecular formula is C15H22N2O3. The zero-order valence-corrected chi connectivity index (χ0v) is 12.4. The van der Waals surface area contributed by atoms with Gasteiger partial charge >= 0.3 is 0 Å². The minimum Gasteiger partial charge on any atom is -0.484 e. The van der Waals surface area contributed by atoms with E-state index in [2.05, 4.69) is 10.5 Å². The molecule has 0 fully saturated rings. The summed E-state index contributed by atoms with van der Waals surface area (Å²) in [5, 5.41) is 14.9. The van der Waals surface area contributed by atoms with Gasteiger partial charge in [0.2, 0.25) is 0 Å². The van der Waals surface area contributed by atoms with Gasteiger partial charge in [0.1, 0.15) is 5.75 Å². The predicted molar refractivity (Wildman–Crippen MR) is 78.4 cm³/mol. The average Bonchev–Trinajstić information content (AvgIpc) is 2.37. The molecule has 110 valence electrons. The number of nitrogens with zero attached hydrogens (tertiary/aromatic N) is 1. The van der Waals surface area contributed by atoms with E-state index < -0.39 is 0 Å². The van der Waals surface area contributed by atoms with Crippen molar-refractivity contribution in [2.75, 3.05) is 6.61 Å². The van der Waals surface area contributed by atoms with E-state index in [1.165, 1.54) is 0 Å². The van der Waals surface area contributed by atoms with Gasteiger partial charge in [-0.1, -0.05) is 12.1 Å². The van der Waals surface area contributed by atoms with E-state index in [-0.39, 0.29) is 18.1 Å². The topological polar surface area (TPSA) is 70.9 Å². The fourth-order valence-electron chi connectivity index (χ4n) is 1.68. The Hall–Kier alpha value is -2.04. The SMILES string of the molecule is CC/C(=N\O)c1ccc(OCC(=O)NC(C)(C)C)cc1. The Morgan fingerprint density at radius 3 is 2.35 bits per heavy atom. The lowest BCUT2D eigenvalue weighted by atomic mass is 10.1. The third-order valence-corrected chi connectivity index (χ3v) is 2.53. The Morgan fingerprint density at radius 1 is 1.30 bits per heavy atom. The smallest absolute Gasteiger partial charge is 0.258 e. The van der Waals surface area contributed by atoms with E-state index in [1.54, 1.807) is 24.3 Å². The average molecular weight is 278 g/mol. The van der Waals surface area contributed by atoms with Crippen molar-refractivity contribution in [3.8, 4) is 5.75 Å². The van der Waals surface area contributed by atoms with E-state index in [9.17, 15) is 4.79 Å². The molecule has 0 saturated heterocycles. The van der Waals surface area contributed by atoms with Crippen LogP contribution in [-0.4, -0.2) is 29.0 Å². The summed E-state index contributed by atoms with van der Waals surface area (Å²) in [5.74, 6) is 0.443. The molecular weight excluding hydrogens is 256 g/mol. The first-order valence-electron chi connectivity index (χ1n) is 6.61. The molecule has 0 heterocycles. The molecule has 0 aromatic heterocycles. The summed E-state index contributed by atoms with van der Waals surface area (Å²) in [6.07, 6.45) is 0.644. The molecule has 0 unspecified atom stereocenters. The Kier molecular flexibility index (Phi) is 5.55. The maximum absolute atomic E-state index is 11.6. The molecule has 0 radical (unpaired) electrons. The molecule has 1 aromatic carbocycles. The standard InChI is InChI=1S/C15H22N2O3/c1-5-13(17-19)11-6-8-12(9-7-11)20-10-14(18)16-15(2,3)4/h6-9,19H,5,10H2,1-4H3,(H,16,18)/b17-13+. The molecule has 0 aliphatic heterocycles. The van der Waals surface area contributed by atoms with Crippen LogP contribution in [0.5, 0.6) is 5.75 Å². The van der Waals surface area contributed by atoms with Crippen LogP contribution in [0.15, 0.2) is 29.4 Å². The number of benzene rings is 1. The Balaban J connectivity index is 2.56. The van der Waals surface area contributed by atoms with Crippen molar-refractivity contribution >= 4 is 11.6 Å². The van der Waals surface area contributed by atoms with Crippen molar-refractivity contribution in [3.63, 3.8) is 0 Å². The molecule has 0 bridgehead atoms. The van der Waals surface area contributed by atoms with Crippen molar-refractivity contribution in [1.82, 2.24) is 5.32 Å². The van der Waals surface area contributed by atoms with Crippen molar-refractivity contribution in [2.24, 2.45) is 5.16 Å². The second-order valence-corrected chi connectivity index (χ2v) is 5.51. The molecule has 0 spiro atoms. The summed E-state index contributed by atoms with van der Waals surface area (Å²) in [6.45, 7) is 7.64. The van der Waals surface area contributed by atoms with Crippen LogP contribution in [0, 0.1) is 0 Å². The lowest BCUT2D eigenvalue weighted by Gasteiger charge is -2.20. The van der Waals surface area contributed by atoms with Crippen LogP contribution in [-0.2, 0) is 4.79 Å². The number of carbonyl (C=O) groups is 1. The molecule has 5 heteroatoms. The number of oxime groups is 1. The van der Waals surface area contributed by atoms with Gasteiger partial charge in [-0.05, 0) is 57.0 Å². The van der Waals surface area contributed by atoms with E-state index in [1.807, 2.05) is 27.7 Å². The van der Waals surface area contributed by atoms with E-state index in [0.717, 1.165) is 5.56 Å². The molecule has 0 aliphatic carbocycles. The Bertz CT molecular complexity index is 473. The van der Waals surface area contributed by atoms with Crippen LogP contribution in [0.1, 0.15) is 39.7 Å². The Morgan fingerprint density at radius 2 is 1.90 bits per heavy atom. The predicted octanol–water partition coefficient (Wildman–Crippen LogP) is 2.57. The van der Waals surface area contributed by atoms with Gasteiger partial charge in [-0.3, -0.25) is 4.79 Å². The highest BCUT2D eigenvalue weighted by molar-refractivity contribution is 6.00. The van der Waals surface area contributed by atoms with Crippen molar-refractivity contribution in [3.05, 3.63) is 29.8 Å². The summed E-state index contributed by atoms with van der Waals surface area (Å²) >= 11 is 0. The molecule has 0 atom stereocenters. The highest BCUT2D eigenvalue weighted by Gasteiger charge is 2.13. The van der Waals surface area contributed by atoms with Gasteiger partial charge in [-0.15, -0.1) is 0 Å². The zero-order valence-electron chi connectivity index (χ0n) is 12.4. The third-order valence-electron chi connectivity index (χ3n) is 2.53. The van der Waals surface area contributed by atoms with Gasteiger partial charge in [0.05, 0.1) is 5.71 Å². The van der Waals surface area contributed by atoms with Gasteiger partial charge < -0.3 is 15.3 Å². The van der Waals surface area contributed by atoms with Crippen LogP contribution < -0.4 is 10.1 Å². The van der Waals surface area contributed by atoms with E-state index in [0.29, 0.717) is 17.9 Å². The normalized spacial score (nSPS) is 12.1. The van der Waals surface area contributed by atoms with Crippen LogP contribution in [0.4, 0.5) is 0 Å². The molecule has 2 N–H and O–H groups in total. The first-order chi connectivity index (χ1) is 9.35. The van der Waals surface area contributed by atoms with E-state index >= 15 is 0 Å². The number of ether oxygens (including phenoxy) is 1. The molecule has 1 amide bonds. The highest BCUT2D eigenvalue weighted by atomic mass is 16.5. The van der Waals surface area contributed by atoms with Crippen molar-refractivity contribution < 1.29 is 14.7 Å². The fourth-order valence-corrected chi connectivity index (χ4v) is 1.68. The summed E-state index contributed by atoms with van der Waals surface area (Å²) in [4.78, 5) is 11.6. The van der Waals surface area contributed by atoms with Crippen molar-refractivity contribution in [2.45, 2.75) is 39.7 Å². The molecule has 0 saturated carbocycles. The second kappa shape index (κ2) is 6.93. The number of hydrogen-bond donors (Lipinski definition) is 2. The monoisotopic (exact) mass is 278 g/mol. The largest absolute Gasteiger partial charge is 0.484 e. The van der Waals surface area contributed by atoms with Gasteiger partial charge in [0, 0.05) is 5.54 Å². The minimum absolute atomic E-state index is 0.0225. The maximum atomic E-state index is 11.6. The molecule has 20 heavy (non-hydrogen) atoms. The number of carbonyl (C=O) groups excluding carboxylic acids is 1. The Labute approximate surface area is 119 Å².